The van der Waals surface area contributed by atoms with Gasteiger partial charge in [0.1, 0.15) is 0 Å². The fourth-order valence-corrected chi connectivity index (χ4v) is 3.44. The van der Waals surface area contributed by atoms with Crippen molar-refractivity contribution in [1.82, 2.24) is 5.32 Å². The van der Waals surface area contributed by atoms with Gasteiger partial charge in [0.25, 0.3) is 0 Å². The van der Waals surface area contributed by atoms with Crippen LogP contribution in [0.5, 0.6) is 0 Å². The molecule has 1 nitrogen and oxygen atoms in total. The SMILES string of the molecule is C=CCNCCc1cc2ccccc2c(-c2ccccc2)c1CC. The lowest BCUT2D eigenvalue weighted by molar-refractivity contribution is 0.742. The van der Waals surface area contributed by atoms with Gasteiger partial charge in [0, 0.05) is 6.54 Å². The molecule has 0 aliphatic rings. The molecule has 1 heteroatoms. The van der Waals surface area contributed by atoms with E-state index in [0.29, 0.717) is 0 Å². The van der Waals surface area contributed by atoms with Gasteiger partial charge in [-0.1, -0.05) is 73.7 Å². The molecule has 0 unspecified atom stereocenters. The van der Waals surface area contributed by atoms with E-state index in [4.69, 9.17) is 0 Å². The Balaban J connectivity index is 2.13. The number of fused-ring (bicyclic) bond motifs is 1. The van der Waals surface area contributed by atoms with Crippen LogP contribution >= 0.6 is 0 Å². The highest BCUT2D eigenvalue weighted by Gasteiger charge is 2.13. The van der Waals surface area contributed by atoms with Crippen LogP contribution in [0.1, 0.15) is 18.1 Å². The topological polar surface area (TPSA) is 12.0 Å². The maximum absolute atomic E-state index is 3.77. The average molecular weight is 315 g/mol. The van der Waals surface area contributed by atoms with Crippen LogP contribution in [0.25, 0.3) is 21.9 Å². The van der Waals surface area contributed by atoms with Gasteiger partial charge in [-0.15, -0.1) is 6.58 Å². The molecule has 0 heterocycles. The van der Waals surface area contributed by atoms with Gasteiger partial charge in [0.2, 0.25) is 0 Å². The van der Waals surface area contributed by atoms with Gasteiger partial charge in [-0.05, 0) is 52.4 Å². The van der Waals surface area contributed by atoms with Gasteiger partial charge in [0.15, 0.2) is 0 Å². The van der Waals surface area contributed by atoms with Crippen molar-refractivity contribution in [3.8, 4) is 11.1 Å². The average Bonchev–Trinajstić information content (AvgIpc) is 2.64. The minimum atomic E-state index is 0.862. The van der Waals surface area contributed by atoms with E-state index < -0.39 is 0 Å². The zero-order chi connectivity index (χ0) is 16.8. The fraction of sp³-hybridized carbons (Fsp3) is 0.217. The summed E-state index contributed by atoms with van der Waals surface area (Å²) in [6.07, 6.45) is 4.00. The van der Waals surface area contributed by atoms with Crippen molar-refractivity contribution in [3.05, 3.63) is 84.4 Å². The van der Waals surface area contributed by atoms with Crippen molar-refractivity contribution in [2.45, 2.75) is 19.8 Å². The first-order valence-electron chi connectivity index (χ1n) is 8.75. The van der Waals surface area contributed by atoms with Crippen molar-refractivity contribution in [1.29, 1.82) is 0 Å². The predicted molar refractivity (Wildman–Crippen MR) is 106 cm³/mol. The second-order valence-corrected chi connectivity index (χ2v) is 6.07. The molecule has 0 spiro atoms. The Morgan fingerprint density at radius 3 is 2.50 bits per heavy atom. The lowest BCUT2D eigenvalue weighted by Crippen LogP contribution is -2.17. The third-order valence-corrected chi connectivity index (χ3v) is 4.53. The van der Waals surface area contributed by atoms with Crippen LogP contribution in [-0.4, -0.2) is 13.1 Å². The van der Waals surface area contributed by atoms with Gasteiger partial charge in [-0.25, -0.2) is 0 Å². The molecule has 24 heavy (non-hydrogen) atoms. The van der Waals surface area contributed by atoms with Gasteiger partial charge in [0.05, 0.1) is 0 Å². The van der Waals surface area contributed by atoms with E-state index in [2.05, 4.69) is 79.5 Å². The highest BCUT2D eigenvalue weighted by molar-refractivity contribution is 5.99. The summed E-state index contributed by atoms with van der Waals surface area (Å²) < 4.78 is 0. The number of rotatable bonds is 7. The van der Waals surface area contributed by atoms with E-state index in [1.54, 1.807) is 0 Å². The van der Waals surface area contributed by atoms with Crippen LogP contribution in [-0.2, 0) is 12.8 Å². The lowest BCUT2D eigenvalue weighted by atomic mass is 9.87. The molecule has 3 aromatic rings. The Hall–Kier alpha value is -2.38. The summed E-state index contributed by atoms with van der Waals surface area (Å²) in [5.74, 6) is 0. The van der Waals surface area contributed by atoms with Crippen molar-refractivity contribution in [2.24, 2.45) is 0 Å². The minimum Gasteiger partial charge on any atom is -0.313 e. The zero-order valence-electron chi connectivity index (χ0n) is 14.4. The molecule has 0 aliphatic heterocycles. The third-order valence-electron chi connectivity index (χ3n) is 4.53. The Bertz CT molecular complexity index is 818. The molecular weight excluding hydrogens is 290 g/mol. The molecular formula is C23H25N. The van der Waals surface area contributed by atoms with E-state index in [9.17, 15) is 0 Å². The summed E-state index contributed by atoms with van der Waals surface area (Å²) >= 11 is 0. The number of nitrogens with one attached hydrogen (secondary N) is 1. The first kappa shape index (κ1) is 16.5. The minimum absolute atomic E-state index is 0.862. The van der Waals surface area contributed by atoms with Crippen LogP contribution in [0.4, 0.5) is 0 Å². The fourth-order valence-electron chi connectivity index (χ4n) is 3.44. The molecule has 0 amide bonds. The molecule has 0 bridgehead atoms. The molecule has 0 atom stereocenters. The largest absolute Gasteiger partial charge is 0.313 e. The quantitative estimate of drug-likeness (QED) is 0.455. The Kier molecular flexibility index (Phi) is 5.45. The molecule has 0 aromatic heterocycles. The number of hydrogen-bond acceptors (Lipinski definition) is 1. The Morgan fingerprint density at radius 2 is 1.75 bits per heavy atom. The van der Waals surface area contributed by atoms with E-state index in [1.807, 2.05) is 6.08 Å². The van der Waals surface area contributed by atoms with Gasteiger partial charge in [-0.2, -0.15) is 0 Å². The van der Waals surface area contributed by atoms with Crippen molar-refractivity contribution < 1.29 is 0 Å². The third kappa shape index (κ3) is 3.42. The highest BCUT2D eigenvalue weighted by atomic mass is 14.8. The smallest absolute Gasteiger partial charge is 0.0132 e. The molecule has 0 aliphatic carbocycles. The summed E-state index contributed by atoms with van der Waals surface area (Å²) in [6.45, 7) is 7.87. The molecule has 122 valence electrons. The van der Waals surface area contributed by atoms with E-state index in [0.717, 1.165) is 25.9 Å². The van der Waals surface area contributed by atoms with Crippen LogP contribution in [0, 0.1) is 0 Å². The molecule has 0 saturated heterocycles. The molecule has 3 aromatic carbocycles. The van der Waals surface area contributed by atoms with E-state index in [1.165, 1.54) is 33.0 Å². The van der Waals surface area contributed by atoms with E-state index in [-0.39, 0.29) is 0 Å². The maximum Gasteiger partial charge on any atom is 0.0132 e. The second kappa shape index (κ2) is 7.94. The highest BCUT2D eigenvalue weighted by Crippen LogP contribution is 2.35. The normalized spacial score (nSPS) is 10.9. The Morgan fingerprint density at radius 1 is 1.00 bits per heavy atom. The molecule has 0 radical (unpaired) electrons. The van der Waals surface area contributed by atoms with Crippen molar-refractivity contribution in [3.63, 3.8) is 0 Å². The van der Waals surface area contributed by atoms with Crippen molar-refractivity contribution >= 4 is 10.8 Å². The van der Waals surface area contributed by atoms with Crippen LogP contribution in [0.2, 0.25) is 0 Å². The first-order chi connectivity index (χ1) is 11.8. The molecule has 0 saturated carbocycles. The summed E-state index contributed by atoms with van der Waals surface area (Å²) in [7, 11) is 0. The zero-order valence-corrected chi connectivity index (χ0v) is 14.4. The first-order valence-corrected chi connectivity index (χ1v) is 8.75. The van der Waals surface area contributed by atoms with Gasteiger partial charge in [-0.3, -0.25) is 0 Å². The second-order valence-electron chi connectivity index (χ2n) is 6.07. The van der Waals surface area contributed by atoms with Crippen LogP contribution in [0.3, 0.4) is 0 Å². The summed E-state index contributed by atoms with van der Waals surface area (Å²) in [6, 6.07) is 21.9. The summed E-state index contributed by atoms with van der Waals surface area (Å²) in [4.78, 5) is 0. The van der Waals surface area contributed by atoms with Crippen molar-refractivity contribution in [2.75, 3.05) is 13.1 Å². The number of hydrogen-bond donors (Lipinski definition) is 1. The van der Waals surface area contributed by atoms with Gasteiger partial charge >= 0.3 is 0 Å². The van der Waals surface area contributed by atoms with E-state index >= 15 is 0 Å². The van der Waals surface area contributed by atoms with Gasteiger partial charge < -0.3 is 5.32 Å². The molecule has 1 N–H and O–H groups in total. The Labute approximate surface area is 145 Å². The summed E-state index contributed by atoms with van der Waals surface area (Å²) in [5, 5.41) is 6.10. The molecule has 0 fully saturated rings. The standard InChI is InChI=1S/C23H25N/c1-3-15-24-16-14-20-17-19-12-8-9-13-22(19)23(21(20)4-2)18-10-6-5-7-11-18/h3,5-13,17,24H,1,4,14-16H2,2H3. The summed E-state index contributed by atoms with van der Waals surface area (Å²) in [5.41, 5.74) is 5.63. The monoisotopic (exact) mass is 315 g/mol. The maximum atomic E-state index is 3.77. The lowest BCUT2D eigenvalue weighted by Gasteiger charge is -2.18. The van der Waals surface area contributed by atoms with Crippen LogP contribution < -0.4 is 5.32 Å². The van der Waals surface area contributed by atoms with Crippen LogP contribution in [0.15, 0.2) is 73.3 Å². The number of benzene rings is 3. The molecule has 3 rings (SSSR count). The predicted octanol–water partition coefficient (Wildman–Crippen LogP) is 5.39.